The van der Waals surface area contributed by atoms with Crippen molar-refractivity contribution < 1.29 is 0 Å². The zero-order valence-corrected chi connectivity index (χ0v) is 14.1. The van der Waals surface area contributed by atoms with Gasteiger partial charge >= 0.3 is 0 Å². The van der Waals surface area contributed by atoms with Crippen LogP contribution in [0.3, 0.4) is 0 Å². The van der Waals surface area contributed by atoms with Crippen LogP contribution in [-0.2, 0) is 0 Å². The van der Waals surface area contributed by atoms with Crippen LogP contribution in [0.5, 0.6) is 0 Å². The highest BCUT2D eigenvalue weighted by Gasteiger charge is 2.53. The summed E-state index contributed by atoms with van der Waals surface area (Å²) in [6.45, 7) is 7.14. The van der Waals surface area contributed by atoms with E-state index in [1.807, 2.05) is 0 Å². The molecule has 21 heavy (non-hydrogen) atoms. The molecular weight excluding hydrogens is 256 g/mol. The maximum absolute atomic E-state index is 6.87. The van der Waals surface area contributed by atoms with Gasteiger partial charge in [-0.25, -0.2) is 0 Å². The number of rotatable bonds is 6. The van der Waals surface area contributed by atoms with Crippen molar-refractivity contribution in [3.8, 4) is 0 Å². The molecule has 2 heteroatoms. The molecule has 5 aliphatic rings. The predicted molar refractivity (Wildman–Crippen MR) is 88.0 cm³/mol. The van der Waals surface area contributed by atoms with Crippen LogP contribution in [0.25, 0.3) is 0 Å². The van der Waals surface area contributed by atoms with Crippen LogP contribution in [0.1, 0.15) is 65.2 Å². The Hall–Kier alpha value is -0.0800. The molecule has 0 heterocycles. The van der Waals surface area contributed by atoms with Gasteiger partial charge in [0.2, 0.25) is 0 Å². The monoisotopic (exact) mass is 290 g/mol. The van der Waals surface area contributed by atoms with Crippen molar-refractivity contribution >= 4 is 0 Å². The molecule has 4 bridgehead atoms. The van der Waals surface area contributed by atoms with Crippen molar-refractivity contribution in [2.45, 2.75) is 77.3 Å². The minimum atomic E-state index is 0.435. The fourth-order valence-electron chi connectivity index (χ4n) is 6.36. The molecule has 0 aromatic carbocycles. The van der Waals surface area contributed by atoms with Crippen LogP contribution in [0.4, 0.5) is 0 Å². The Morgan fingerprint density at radius 1 is 0.952 bits per heavy atom. The van der Waals surface area contributed by atoms with E-state index < -0.39 is 0 Å². The summed E-state index contributed by atoms with van der Waals surface area (Å²) >= 11 is 0. The van der Waals surface area contributed by atoms with Crippen molar-refractivity contribution in [2.24, 2.45) is 34.8 Å². The molecule has 0 saturated heterocycles. The summed E-state index contributed by atoms with van der Waals surface area (Å²) in [5.74, 6) is 3.86. The van der Waals surface area contributed by atoms with Gasteiger partial charge in [-0.3, -0.25) is 4.90 Å². The summed E-state index contributed by atoms with van der Waals surface area (Å²) in [4.78, 5) is 2.74. The third-order valence-electron chi connectivity index (χ3n) is 6.97. The first-order valence-corrected chi connectivity index (χ1v) is 9.54. The first-order chi connectivity index (χ1) is 10.0. The van der Waals surface area contributed by atoms with Crippen LogP contribution in [0, 0.1) is 29.1 Å². The average molecular weight is 290 g/mol. The molecule has 2 nitrogen and oxygen atoms in total. The summed E-state index contributed by atoms with van der Waals surface area (Å²) < 4.78 is 0. The molecule has 5 fully saturated rings. The fraction of sp³-hybridized carbons (Fsp3) is 1.00. The second-order valence-electron chi connectivity index (χ2n) is 9.47. The Labute approximate surface area is 130 Å². The van der Waals surface area contributed by atoms with Gasteiger partial charge in [0.05, 0.1) is 0 Å². The SMILES string of the molecule is CC(C)CN(CC(N)C12CC3CC(CC(C3)C1)C2)C1CC1. The lowest BCUT2D eigenvalue weighted by molar-refractivity contribution is -0.0721. The number of hydrogen-bond acceptors (Lipinski definition) is 2. The lowest BCUT2D eigenvalue weighted by atomic mass is 9.48. The van der Waals surface area contributed by atoms with Gasteiger partial charge in [-0.15, -0.1) is 0 Å². The van der Waals surface area contributed by atoms with Crippen LogP contribution < -0.4 is 5.73 Å². The maximum Gasteiger partial charge on any atom is 0.0225 e. The molecule has 0 radical (unpaired) electrons. The normalized spacial score (nSPS) is 43.0. The predicted octanol–water partition coefficient (Wildman–Crippen LogP) is 3.65. The molecule has 0 amide bonds. The van der Waals surface area contributed by atoms with Gasteiger partial charge in [-0.2, -0.15) is 0 Å². The molecule has 5 rings (SSSR count). The Kier molecular flexibility index (Phi) is 3.61. The lowest BCUT2D eigenvalue weighted by Crippen LogP contribution is -2.58. The minimum absolute atomic E-state index is 0.435. The second-order valence-corrected chi connectivity index (χ2v) is 9.47. The first-order valence-electron chi connectivity index (χ1n) is 9.54. The summed E-state index contributed by atoms with van der Waals surface area (Å²) in [7, 11) is 0. The van der Waals surface area contributed by atoms with E-state index in [0.29, 0.717) is 11.5 Å². The van der Waals surface area contributed by atoms with Crippen molar-refractivity contribution in [1.29, 1.82) is 0 Å². The highest BCUT2D eigenvalue weighted by Crippen LogP contribution is 2.61. The van der Waals surface area contributed by atoms with E-state index in [9.17, 15) is 0 Å². The van der Waals surface area contributed by atoms with E-state index in [4.69, 9.17) is 5.73 Å². The van der Waals surface area contributed by atoms with Crippen LogP contribution in [-0.4, -0.2) is 30.1 Å². The smallest absolute Gasteiger partial charge is 0.0225 e. The van der Waals surface area contributed by atoms with Crippen LogP contribution in [0.2, 0.25) is 0 Å². The molecule has 1 atom stereocenters. The van der Waals surface area contributed by atoms with Crippen molar-refractivity contribution in [3.05, 3.63) is 0 Å². The molecule has 0 aromatic rings. The van der Waals surface area contributed by atoms with E-state index in [0.717, 1.165) is 29.7 Å². The van der Waals surface area contributed by atoms with Gasteiger partial charge in [0.25, 0.3) is 0 Å². The summed E-state index contributed by atoms with van der Waals surface area (Å²) in [6, 6.07) is 1.30. The van der Waals surface area contributed by atoms with Gasteiger partial charge in [0.15, 0.2) is 0 Å². The molecule has 1 unspecified atom stereocenters. The molecular formula is C19H34N2. The Morgan fingerprint density at radius 3 is 1.90 bits per heavy atom. The molecule has 0 aliphatic heterocycles. The Bertz CT molecular complexity index is 350. The molecule has 0 aromatic heterocycles. The van der Waals surface area contributed by atoms with Gasteiger partial charge < -0.3 is 5.73 Å². The molecule has 5 saturated carbocycles. The molecule has 120 valence electrons. The molecule has 2 N–H and O–H groups in total. The van der Waals surface area contributed by atoms with Gasteiger partial charge in [-0.1, -0.05) is 13.8 Å². The standard InChI is InChI=1S/C19H34N2/c1-13(2)11-21(17-3-4-17)12-18(20)19-8-14-5-15(9-19)7-16(6-14)10-19/h13-18H,3-12,20H2,1-2H3. The van der Waals surface area contributed by atoms with Gasteiger partial charge in [0.1, 0.15) is 0 Å². The largest absolute Gasteiger partial charge is 0.326 e. The quantitative estimate of drug-likeness (QED) is 0.809. The Morgan fingerprint density at radius 2 is 1.48 bits per heavy atom. The average Bonchev–Trinajstić information content (AvgIpc) is 3.19. The summed E-state index contributed by atoms with van der Waals surface area (Å²) in [5.41, 5.74) is 7.40. The maximum atomic E-state index is 6.87. The fourth-order valence-corrected chi connectivity index (χ4v) is 6.36. The second kappa shape index (κ2) is 5.23. The molecule has 0 spiro atoms. The number of hydrogen-bond donors (Lipinski definition) is 1. The highest BCUT2D eigenvalue weighted by atomic mass is 15.2. The third kappa shape index (κ3) is 2.79. The topological polar surface area (TPSA) is 29.3 Å². The Balaban J connectivity index is 1.45. The third-order valence-corrected chi connectivity index (χ3v) is 6.97. The summed E-state index contributed by atoms with van der Waals surface area (Å²) in [6.07, 6.45) is 11.8. The van der Waals surface area contributed by atoms with E-state index in [1.165, 1.54) is 64.5 Å². The van der Waals surface area contributed by atoms with Crippen LogP contribution >= 0.6 is 0 Å². The zero-order valence-electron chi connectivity index (χ0n) is 14.1. The molecule has 5 aliphatic carbocycles. The van der Waals surface area contributed by atoms with Gasteiger partial charge in [-0.05, 0) is 80.5 Å². The van der Waals surface area contributed by atoms with Crippen LogP contribution in [0.15, 0.2) is 0 Å². The van der Waals surface area contributed by atoms with E-state index in [1.54, 1.807) is 0 Å². The highest BCUT2D eigenvalue weighted by molar-refractivity contribution is 5.06. The number of nitrogens with zero attached hydrogens (tertiary/aromatic N) is 1. The van der Waals surface area contributed by atoms with E-state index in [2.05, 4.69) is 18.7 Å². The van der Waals surface area contributed by atoms with Crippen molar-refractivity contribution in [2.75, 3.05) is 13.1 Å². The van der Waals surface area contributed by atoms with Crippen molar-refractivity contribution in [3.63, 3.8) is 0 Å². The summed E-state index contributed by atoms with van der Waals surface area (Å²) in [5, 5.41) is 0. The minimum Gasteiger partial charge on any atom is -0.326 e. The first kappa shape index (κ1) is 14.5. The zero-order chi connectivity index (χ0) is 14.6. The van der Waals surface area contributed by atoms with E-state index >= 15 is 0 Å². The van der Waals surface area contributed by atoms with Gasteiger partial charge in [0, 0.05) is 25.2 Å². The lowest BCUT2D eigenvalue weighted by Gasteiger charge is -2.59. The van der Waals surface area contributed by atoms with E-state index in [-0.39, 0.29) is 0 Å². The number of nitrogens with two attached hydrogens (primary N) is 1. The van der Waals surface area contributed by atoms with Crippen molar-refractivity contribution in [1.82, 2.24) is 4.90 Å².